The number of halogens is 2. The van der Waals surface area contributed by atoms with Crippen LogP contribution in [0.5, 0.6) is 5.75 Å². The van der Waals surface area contributed by atoms with E-state index in [2.05, 4.69) is 20.6 Å². The number of nitrogens with one attached hydrogen (secondary N) is 2. The van der Waals surface area contributed by atoms with Gasteiger partial charge < -0.3 is 15.4 Å². The Balaban J connectivity index is 1.64. The molecule has 0 aliphatic rings. The van der Waals surface area contributed by atoms with E-state index in [9.17, 15) is 8.78 Å². The molecule has 0 aliphatic carbocycles. The van der Waals surface area contributed by atoms with E-state index in [4.69, 9.17) is 4.74 Å². The number of hydrogen-bond donors (Lipinski definition) is 2. The normalized spacial score (nSPS) is 10.5. The number of benzene rings is 2. The number of nitrogens with zero attached hydrogens (tertiary/aromatic N) is 2. The molecule has 0 radical (unpaired) electrons. The number of anilines is 3. The molecule has 0 aliphatic heterocycles. The van der Waals surface area contributed by atoms with Crippen molar-refractivity contribution in [1.82, 2.24) is 9.97 Å². The van der Waals surface area contributed by atoms with Gasteiger partial charge in [-0.3, -0.25) is 0 Å². The summed E-state index contributed by atoms with van der Waals surface area (Å²) in [5.74, 6) is 0.726. The lowest BCUT2D eigenvalue weighted by Gasteiger charge is -2.11. The Bertz CT molecular complexity index is 934. The molecule has 2 aromatic carbocycles. The summed E-state index contributed by atoms with van der Waals surface area (Å²) >= 11 is 0. The SMILES string of the molecule is COc1cccc(CCNc2cc(Nc3ccc(F)c(F)c3)nc(C)n2)c1. The maximum atomic E-state index is 13.4. The molecule has 3 aromatic rings. The molecule has 140 valence electrons. The third kappa shape index (κ3) is 5.13. The number of rotatable bonds is 7. The van der Waals surface area contributed by atoms with Crippen LogP contribution in [0.15, 0.2) is 48.5 Å². The Kier molecular flexibility index (Phi) is 5.80. The predicted octanol–water partition coefficient (Wildman–Crippen LogP) is 4.47. The van der Waals surface area contributed by atoms with E-state index in [-0.39, 0.29) is 0 Å². The smallest absolute Gasteiger partial charge is 0.160 e. The summed E-state index contributed by atoms with van der Waals surface area (Å²) in [7, 11) is 1.64. The zero-order valence-electron chi connectivity index (χ0n) is 15.1. The number of ether oxygens (including phenoxy) is 1. The van der Waals surface area contributed by atoms with Crippen LogP contribution in [0.1, 0.15) is 11.4 Å². The van der Waals surface area contributed by atoms with Crippen molar-refractivity contribution in [2.24, 2.45) is 0 Å². The molecule has 0 saturated heterocycles. The molecular formula is C20H20F2N4O. The van der Waals surface area contributed by atoms with Gasteiger partial charge in [-0.25, -0.2) is 18.7 Å². The summed E-state index contributed by atoms with van der Waals surface area (Å²) in [4.78, 5) is 8.63. The standard InChI is InChI=1S/C20H20F2N4O/c1-13-24-19(23-9-8-14-4-3-5-16(10-14)27-2)12-20(25-13)26-15-6-7-17(21)18(22)11-15/h3-7,10-12H,8-9H2,1-2H3,(H2,23,24,25,26). The average Bonchev–Trinajstić information content (AvgIpc) is 2.64. The van der Waals surface area contributed by atoms with Crippen molar-refractivity contribution < 1.29 is 13.5 Å². The molecule has 7 heteroatoms. The maximum absolute atomic E-state index is 13.4. The fraction of sp³-hybridized carbons (Fsp3) is 0.200. The summed E-state index contributed by atoms with van der Waals surface area (Å²) < 4.78 is 31.6. The summed E-state index contributed by atoms with van der Waals surface area (Å²) in [5, 5.41) is 6.21. The van der Waals surface area contributed by atoms with Crippen molar-refractivity contribution in [1.29, 1.82) is 0 Å². The molecule has 0 amide bonds. The van der Waals surface area contributed by atoms with Crippen LogP contribution in [-0.2, 0) is 6.42 Å². The van der Waals surface area contributed by atoms with Gasteiger partial charge in [-0.05, 0) is 43.2 Å². The molecule has 0 spiro atoms. The van der Waals surface area contributed by atoms with E-state index in [0.29, 0.717) is 29.7 Å². The number of aryl methyl sites for hydroxylation is 1. The van der Waals surface area contributed by atoms with Gasteiger partial charge in [0.05, 0.1) is 7.11 Å². The van der Waals surface area contributed by atoms with E-state index in [1.807, 2.05) is 24.3 Å². The highest BCUT2D eigenvalue weighted by molar-refractivity contribution is 5.59. The molecule has 1 aromatic heterocycles. The molecular weight excluding hydrogens is 350 g/mol. The monoisotopic (exact) mass is 370 g/mol. The fourth-order valence-electron chi connectivity index (χ4n) is 2.61. The quantitative estimate of drug-likeness (QED) is 0.643. The molecule has 3 rings (SSSR count). The van der Waals surface area contributed by atoms with Gasteiger partial charge in [0.1, 0.15) is 23.2 Å². The highest BCUT2D eigenvalue weighted by Crippen LogP contribution is 2.20. The minimum absolute atomic E-state index is 0.411. The Labute approximate surface area is 156 Å². The second-order valence-electron chi connectivity index (χ2n) is 5.97. The van der Waals surface area contributed by atoms with E-state index in [0.717, 1.165) is 29.9 Å². The molecule has 27 heavy (non-hydrogen) atoms. The molecule has 2 N–H and O–H groups in total. The van der Waals surface area contributed by atoms with Crippen molar-refractivity contribution >= 4 is 17.3 Å². The fourth-order valence-corrected chi connectivity index (χ4v) is 2.61. The topological polar surface area (TPSA) is 59.1 Å². The summed E-state index contributed by atoms with van der Waals surface area (Å²) in [5.41, 5.74) is 1.56. The molecule has 0 saturated carbocycles. The molecule has 0 bridgehead atoms. The number of methoxy groups -OCH3 is 1. The van der Waals surface area contributed by atoms with Crippen LogP contribution in [0.4, 0.5) is 26.1 Å². The Morgan fingerprint density at radius 3 is 2.56 bits per heavy atom. The van der Waals surface area contributed by atoms with Crippen molar-refractivity contribution in [3.63, 3.8) is 0 Å². The third-order valence-corrected chi connectivity index (χ3v) is 3.88. The van der Waals surface area contributed by atoms with Crippen LogP contribution in [0.3, 0.4) is 0 Å². The molecule has 1 heterocycles. The number of hydrogen-bond acceptors (Lipinski definition) is 5. The number of aromatic nitrogens is 2. The minimum Gasteiger partial charge on any atom is -0.497 e. The highest BCUT2D eigenvalue weighted by Gasteiger charge is 2.06. The highest BCUT2D eigenvalue weighted by atomic mass is 19.2. The lowest BCUT2D eigenvalue weighted by Crippen LogP contribution is -2.08. The average molecular weight is 370 g/mol. The molecule has 0 unspecified atom stereocenters. The first-order valence-electron chi connectivity index (χ1n) is 8.48. The Morgan fingerprint density at radius 1 is 0.963 bits per heavy atom. The zero-order chi connectivity index (χ0) is 19.2. The maximum Gasteiger partial charge on any atom is 0.160 e. The van der Waals surface area contributed by atoms with E-state index < -0.39 is 11.6 Å². The lowest BCUT2D eigenvalue weighted by molar-refractivity contribution is 0.414. The van der Waals surface area contributed by atoms with Gasteiger partial charge in [0, 0.05) is 24.4 Å². The van der Waals surface area contributed by atoms with E-state index >= 15 is 0 Å². The van der Waals surface area contributed by atoms with Gasteiger partial charge in [-0.2, -0.15) is 0 Å². The predicted molar refractivity (Wildman–Crippen MR) is 102 cm³/mol. The minimum atomic E-state index is -0.914. The summed E-state index contributed by atoms with van der Waals surface area (Å²) in [6, 6.07) is 13.2. The van der Waals surface area contributed by atoms with Crippen LogP contribution in [0.2, 0.25) is 0 Å². The molecule has 5 nitrogen and oxygen atoms in total. The largest absolute Gasteiger partial charge is 0.497 e. The van der Waals surface area contributed by atoms with Gasteiger partial charge in [-0.1, -0.05) is 12.1 Å². The molecule has 0 atom stereocenters. The Morgan fingerprint density at radius 2 is 1.78 bits per heavy atom. The third-order valence-electron chi connectivity index (χ3n) is 3.88. The van der Waals surface area contributed by atoms with E-state index in [1.54, 1.807) is 20.1 Å². The molecule has 0 fully saturated rings. The first kappa shape index (κ1) is 18.6. The van der Waals surface area contributed by atoms with Gasteiger partial charge in [-0.15, -0.1) is 0 Å². The van der Waals surface area contributed by atoms with Crippen molar-refractivity contribution in [2.75, 3.05) is 24.3 Å². The van der Waals surface area contributed by atoms with Crippen LogP contribution < -0.4 is 15.4 Å². The first-order valence-corrected chi connectivity index (χ1v) is 8.48. The lowest BCUT2D eigenvalue weighted by atomic mass is 10.1. The van der Waals surface area contributed by atoms with E-state index in [1.165, 1.54) is 6.07 Å². The van der Waals surface area contributed by atoms with Crippen LogP contribution in [-0.4, -0.2) is 23.6 Å². The van der Waals surface area contributed by atoms with Gasteiger partial charge >= 0.3 is 0 Å². The van der Waals surface area contributed by atoms with Crippen LogP contribution in [0.25, 0.3) is 0 Å². The zero-order valence-corrected chi connectivity index (χ0v) is 15.1. The van der Waals surface area contributed by atoms with Crippen LogP contribution >= 0.6 is 0 Å². The second-order valence-corrected chi connectivity index (χ2v) is 5.97. The second kappa shape index (κ2) is 8.44. The van der Waals surface area contributed by atoms with Crippen molar-refractivity contribution in [2.45, 2.75) is 13.3 Å². The summed E-state index contributed by atoms with van der Waals surface area (Å²) in [6.07, 6.45) is 0.798. The van der Waals surface area contributed by atoms with Gasteiger partial charge in [0.15, 0.2) is 11.6 Å². The van der Waals surface area contributed by atoms with Crippen molar-refractivity contribution in [3.8, 4) is 5.75 Å². The van der Waals surface area contributed by atoms with Gasteiger partial charge in [0.25, 0.3) is 0 Å². The first-order chi connectivity index (χ1) is 13.0. The van der Waals surface area contributed by atoms with Crippen molar-refractivity contribution in [3.05, 3.63) is 71.6 Å². The Hall–Kier alpha value is -3.22. The van der Waals surface area contributed by atoms with Gasteiger partial charge in [0.2, 0.25) is 0 Å². The van der Waals surface area contributed by atoms with Crippen LogP contribution in [0, 0.1) is 18.6 Å². The summed E-state index contributed by atoms with van der Waals surface area (Å²) in [6.45, 7) is 2.44.